The number of aliphatic hydroxyl groups is 1. The Bertz CT molecular complexity index is 919. The molecule has 0 aliphatic carbocycles. The summed E-state index contributed by atoms with van der Waals surface area (Å²) in [4.78, 5) is 4.91. The number of benzene rings is 3. The lowest BCUT2D eigenvalue weighted by Crippen LogP contribution is -2.48. The van der Waals surface area contributed by atoms with Crippen LogP contribution in [0.25, 0.3) is 0 Å². The number of hydrogen-bond acceptors (Lipinski definition) is 4. The molecule has 1 saturated heterocycles. The molecule has 1 aliphatic rings. The quantitative estimate of drug-likeness (QED) is 0.446. The van der Waals surface area contributed by atoms with Gasteiger partial charge in [-0.3, -0.25) is 9.80 Å². The molecule has 0 saturated carbocycles. The summed E-state index contributed by atoms with van der Waals surface area (Å²) in [6, 6.07) is 29.4. The molecular weight excluding hydrogens is 432 g/mol. The average Bonchev–Trinajstić information content (AvgIpc) is 2.85. The highest BCUT2D eigenvalue weighted by molar-refractivity contribution is 5.85. The maximum atomic E-state index is 10.8. The zero-order valence-electron chi connectivity index (χ0n) is 18.9. The van der Waals surface area contributed by atoms with Crippen molar-refractivity contribution in [2.75, 3.05) is 39.3 Å². The number of ether oxygens (including phenoxy) is 1. The summed E-state index contributed by atoms with van der Waals surface area (Å²) in [5.41, 5.74) is 3.57. The van der Waals surface area contributed by atoms with Crippen molar-refractivity contribution in [3.8, 4) is 5.75 Å². The molecule has 0 spiro atoms. The monoisotopic (exact) mass is 464 g/mol. The fourth-order valence-corrected chi connectivity index (χ4v) is 4.38. The molecule has 1 unspecified atom stereocenters. The van der Waals surface area contributed by atoms with Crippen molar-refractivity contribution < 1.29 is 9.84 Å². The third kappa shape index (κ3) is 6.68. The first-order valence-electron chi connectivity index (χ1n) is 11.3. The Morgan fingerprint density at radius 3 is 1.85 bits per heavy atom. The van der Waals surface area contributed by atoms with Crippen LogP contribution in [0.3, 0.4) is 0 Å². The van der Waals surface area contributed by atoms with Crippen molar-refractivity contribution in [2.24, 2.45) is 0 Å². The highest BCUT2D eigenvalue weighted by Crippen LogP contribution is 2.30. The highest BCUT2D eigenvalue weighted by atomic mass is 35.5. The zero-order valence-corrected chi connectivity index (χ0v) is 19.7. The van der Waals surface area contributed by atoms with Crippen LogP contribution in [-0.4, -0.2) is 54.2 Å². The summed E-state index contributed by atoms with van der Waals surface area (Å²) in [7, 11) is 0. The fourth-order valence-electron chi connectivity index (χ4n) is 4.38. The summed E-state index contributed by atoms with van der Waals surface area (Å²) in [5, 5.41) is 10.8. The second-order valence-electron chi connectivity index (χ2n) is 8.24. The van der Waals surface area contributed by atoms with E-state index in [9.17, 15) is 5.11 Å². The Kier molecular flexibility index (Phi) is 9.52. The molecule has 0 aromatic heterocycles. The van der Waals surface area contributed by atoms with E-state index in [2.05, 4.69) is 77.0 Å². The van der Waals surface area contributed by atoms with Crippen LogP contribution in [0.15, 0.2) is 97.6 Å². The molecule has 33 heavy (non-hydrogen) atoms. The molecule has 4 rings (SSSR count). The Hall–Kier alpha value is -2.63. The van der Waals surface area contributed by atoms with Gasteiger partial charge >= 0.3 is 0 Å². The van der Waals surface area contributed by atoms with Gasteiger partial charge in [-0.15, -0.1) is 12.4 Å². The summed E-state index contributed by atoms with van der Waals surface area (Å²) >= 11 is 0. The van der Waals surface area contributed by atoms with E-state index in [-0.39, 0.29) is 18.4 Å². The minimum atomic E-state index is -0.506. The summed E-state index contributed by atoms with van der Waals surface area (Å²) in [6.45, 7) is 8.60. The number of β-amino-alcohol motifs (C(OH)–C–C–N with tert-alkyl or cyclic N) is 1. The van der Waals surface area contributed by atoms with Gasteiger partial charge in [-0.05, 0) is 28.8 Å². The van der Waals surface area contributed by atoms with Crippen molar-refractivity contribution in [1.82, 2.24) is 9.80 Å². The molecule has 1 aliphatic heterocycles. The second kappa shape index (κ2) is 12.6. The van der Waals surface area contributed by atoms with Crippen LogP contribution in [0.1, 0.15) is 28.8 Å². The molecule has 1 heterocycles. The number of aliphatic hydroxyl groups excluding tert-OH is 1. The fraction of sp³-hybridized carbons (Fsp3) is 0.286. The molecule has 5 heteroatoms. The van der Waals surface area contributed by atoms with Crippen LogP contribution in [0.2, 0.25) is 0 Å². The third-order valence-corrected chi connectivity index (χ3v) is 6.07. The zero-order chi connectivity index (χ0) is 22.2. The largest absolute Gasteiger partial charge is 0.490 e. The van der Waals surface area contributed by atoms with Gasteiger partial charge in [0.1, 0.15) is 12.4 Å². The normalized spacial score (nSPS) is 15.6. The Morgan fingerprint density at radius 2 is 1.33 bits per heavy atom. The molecule has 3 aromatic carbocycles. The molecule has 1 N–H and O–H groups in total. The van der Waals surface area contributed by atoms with Crippen molar-refractivity contribution in [2.45, 2.75) is 12.1 Å². The van der Waals surface area contributed by atoms with Crippen molar-refractivity contribution in [3.63, 3.8) is 0 Å². The van der Waals surface area contributed by atoms with E-state index in [1.165, 1.54) is 11.1 Å². The maximum absolute atomic E-state index is 10.8. The summed E-state index contributed by atoms with van der Waals surface area (Å²) < 4.78 is 5.53. The third-order valence-electron chi connectivity index (χ3n) is 6.07. The SMILES string of the molecule is C=CCOc1ccc(C(O)CN2CCN(C(c3ccccc3)c3ccccc3)CC2)cc1.Cl. The maximum Gasteiger partial charge on any atom is 0.119 e. The number of hydrogen-bond donors (Lipinski definition) is 1. The minimum absolute atomic E-state index is 0. The van der Waals surface area contributed by atoms with Crippen molar-refractivity contribution >= 4 is 12.4 Å². The van der Waals surface area contributed by atoms with Crippen LogP contribution in [0.4, 0.5) is 0 Å². The predicted octanol–water partition coefficient (Wildman–Crippen LogP) is 5.11. The van der Waals surface area contributed by atoms with E-state index in [1.807, 2.05) is 24.3 Å². The first-order chi connectivity index (χ1) is 15.7. The van der Waals surface area contributed by atoms with Gasteiger partial charge in [0.15, 0.2) is 0 Å². The predicted molar refractivity (Wildman–Crippen MR) is 137 cm³/mol. The molecule has 1 atom stereocenters. The van der Waals surface area contributed by atoms with Gasteiger partial charge in [0.2, 0.25) is 0 Å². The molecule has 0 radical (unpaired) electrons. The van der Waals surface area contributed by atoms with Gasteiger partial charge in [-0.2, -0.15) is 0 Å². The number of piperazine rings is 1. The highest BCUT2D eigenvalue weighted by Gasteiger charge is 2.27. The molecule has 0 amide bonds. The first-order valence-corrected chi connectivity index (χ1v) is 11.3. The van der Waals surface area contributed by atoms with Gasteiger partial charge < -0.3 is 9.84 Å². The first kappa shape index (κ1) is 25.0. The van der Waals surface area contributed by atoms with Gasteiger partial charge in [-0.1, -0.05) is 85.5 Å². The van der Waals surface area contributed by atoms with E-state index < -0.39 is 6.10 Å². The number of nitrogens with zero attached hydrogens (tertiary/aromatic N) is 2. The summed E-state index contributed by atoms with van der Waals surface area (Å²) in [5.74, 6) is 0.794. The molecule has 4 nitrogen and oxygen atoms in total. The van der Waals surface area contributed by atoms with Crippen molar-refractivity contribution in [1.29, 1.82) is 0 Å². The van der Waals surface area contributed by atoms with E-state index in [0.717, 1.165) is 37.5 Å². The molecule has 3 aromatic rings. The van der Waals surface area contributed by atoms with Crippen LogP contribution < -0.4 is 4.74 Å². The second-order valence-corrected chi connectivity index (χ2v) is 8.24. The lowest BCUT2D eigenvalue weighted by atomic mass is 9.96. The average molecular weight is 465 g/mol. The standard InChI is InChI=1S/C28H32N2O2.ClH/c1-2-21-32-26-15-13-23(14-16-26)27(31)22-29-17-19-30(20-18-29)28(24-9-5-3-6-10-24)25-11-7-4-8-12-25;/h2-16,27-28,31H,1,17-22H2;1H. The summed E-state index contributed by atoms with van der Waals surface area (Å²) in [6.07, 6.45) is 1.22. The molecule has 174 valence electrons. The van der Waals surface area contributed by atoms with Crippen LogP contribution in [-0.2, 0) is 0 Å². The van der Waals surface area contributed by atoms with Crippen LogP contribution in [0.5, 0.6) is 5.75 Å². The lowest BCUT2D eigenvalue weighted by molar-refractivity contribution is 0.0623. The van der Waals surface area contributed by atoms with E-state index in [4.69, 9.17) is 4.74 Å². The van der Waals surface area contributed by atoms with Gasteiger partial charge in [-0.25, -0.2) is 0 Å². The van der Waals surface area contributed by atoms with Gasteiger partial charge in [0, 0.05) is 32.7 Å². The van der Waals surface area contributed by atoms with E-state index in [0.29, 0.717) is 13.2 Å². The van der Waals surface area contributed by atoms with Gasteiger partial charge in [0.05, 0.1) is 12.1 Å². The number of halogens is 1. The van der Waals surface area contributed by atoms with E-state index in [1.54, 1.807) is 6.08 Å². The Labute approximate surface area is 203 Å². The Morgan fingerprint density at radius 1 is 0.788 bits per heavy atom. The van der Waals surface area contributed by atoms with E-state index >= 15 is 0 Å². The smallest absolute Gasteiger partial charge is 0.119 e. The number of rotatable bonds is 9. The van der Waals surface area contributed by atoms with Crippen molar-refractivity contribution in [3.05, 3.63) is 114 Å². The molecule has 0 bridgehead atoms. The lowest BCUT2D eigenvalue weighted by Gasteiger charge is -2.40. The van der Waals surface area contributed by atoms with Crippen LogP contribution >= 0.6 is 12.4 Å². The van der Waals surface area contributed by atoms with Crippen LogP contribution in [0, 0.1) is 0 Å². The topological polar surface area (TPSA) is 35.9 Å². The molecule has 1 fully saturated rings. The Balaban J connectivity index is 0.00000306. The van der Waals surface area contributed by atoms with Gasteiger partial charge in [0.25, 0.3) is 0 Å². The molecular formula is C28H33ClN2O2. The minimum Gasteiger partial charge on any atom is -0.490 e.